The number of hydrogen-bond acceptors (Lipinski definition) is 11. The minimum atomic E-state index is -1.73. The van der Waals surface area contributed by atoms with Crippen molar-refractivity contribution in [3.8, 4) is 12.3 Å². The summed E-state index contributed by atoms with van der Waals surface area (Å²) in [5.74, 6) is -0.422. The second-order valence-corrected chi connectivity index (χ2v) is 10.0. The predicted molar refractivity (Wildman–Crippen MR) is 132 cm³/mol. The zero-order chi connectivity index (χ0) is 28.8. The van der Waals surface area contributed by atoms with Crippen molar-refractivity contribution in [1.82, 2.24) is 0 Å². The summed E-state index contributed by atoms with van der Waals surface area (Å²) in [6.07, 6.45) is 0.367. The van der Waals surface area contributed by atoms with Gasteiger partial charge in [-0.15, -0.1) is 6.42 Å². The van der Waals surface area contributed by atoms with Gasteiger partial charge in [0.2, 0.25) is 0 Å². The van der Waals surface area contributed by atoms with E-state index in [0.29, 0.717) is 12.8 Å². The van der Waals surface area contributed by atoms with Crippen LogP contribution < -0.4 is 0 Å². The molecule has 0 aliphatic rings. The summed E-state index contributed by atoms with van der Waals surface area (Å²) in [4.78, 5) is 46.6. The first-order valence-corrected chi connectivity index (χ1v) is 12.0. The van der Waals surface area contributed by atoms with Crippen LogP contribution in [0.4, 0.5) is 0 Å². The highest BCUT2D eigenvalue weighted by atomic mass is 16.7. The first-order chi connectivity index (χ1) is 17.0. The Morgan fingerprint density at radius 2 is 1.38 bits per heavy atom. The number of terminal acetylenes is 1. The topological polar surface area (TPSA) is 144 Å². The van der Waals surface area contributed by atoms with E-state index in [1.165, 1.54) is 6.92 Å². The van der Waals surface area contributed by atoms with E-state index in [4.69, 9.17) is 34.8 Å². The summed E-state index contributed by atoms with van der Waals surface area (Å²) < 4.78 is 32.0. The fraction of sp³-hybridized carbons (Fsp3) is 0.769. The van der Waals surface area contributed by atoms with Crippen molar-refractivity contribution >= 4 is 23.9 Å². The SMILES string of the molecule is C#CCOC(C)(C)CC(C)(C)CCOC(O)C(OC(C)=O)C(OC(C)=O)C(CCOC(C)=O)OC(C)=O. The molecule has 11 nitrogen and oxygen atoms in total. The molecule has 1 N–H and O–H groups in total. The van der Waals surface area contributed by atoms with Crippen molar-refractivity contribution in [3.05, 3.63) is 0 Å². The van der Waals surface area contributed by atoms with Crippen molar-refractivity contribution in [3.63, 3.8) is 0 Å². The number of aliphatic hydroxyl groups is 1. The van der Waals surface area contributed by atoms with Gasteiger partial charge in [0.1, 0.15) is 12.7 Å². The maximum Gasteiger partial charge on any atom is 0.303 e. The van der Waals surface area contributed by atoms with Gasteiger partial charge < -0.3 is 33.5 Å². The van der Waals surface area contributed by atoms with Crippen LogP contribution in [0.2, 0.25) is 0 Å². The van der Waals surface area contributed by atoms with Gasteiger partial charge in [-0.25, -0.2) is 0 Å². The largest absolute Gasteiger partial charge is 0.466 e. The fourth-order valence-corrected chi connectivity index (χ4v) is 3.93. The van der Waals surface area contributed by atoms with Gasteiger partial charge in [0.05, 0.1) is 18.8 Å². The van der Waals surface area contributed by atoms with Crippen molar-refractivity contribution < 1.29 is 52.7 Å². The minimum Gasteiger partial charge on any atom is -0.466 e. The quantitative estimate of drug-likeness (QED) is 0.128. The maximum atomic E-state index is 11.9. The van der Waals surface area contributed by atoms with Gasteiger partial charge in [-0.05, 0) is 32.1 Å². The molecule has 0 fully saturated rings. The molecule has 0 rings (SSSR count). The lowest BCUT2D eigenvalue weighted by Crippen LogP contribution is -2.51. The van der Waals surface area contributed by atoms with Crippen LogP contribution in [0.15, 0.2) is 0 Å². The fourth-order valence-electron chi connectivity index (χ4n) is 3.93. The molecular formula is C26H42O11. The highest BCUT2D eigenvalue weighted by Gasteiger charge is 2.42. The summed E-state index contributed by atoms with van der Waals surface area (Å²) in [6.45, 7) is 12.4. The zero-order valence-corrected chi connectivity index (χ0v) is 23.2. The molecule has 0 amide bonds. The van der Waals surface area contributed by atoms with Gasteiger partial charge in [-0.1, -0.05) is 19.8 Å². The van der Waals surface area contributed by atoms with E-state index in [0.717, 1.165) is 20.8 Å². The van der Waals surface area contributed by atoms with E-state index in [2.05, 4.69) is 5.92 Å². The van der Waals surface area contributed by atoms with Crippen LogP contribution in [0.5, 0.6) is 0 Å². The average molecular weight is 531 g/mol. The second-order valence-electron chi connectivity index (χ2n) is 10.0. The van der Waals surface area contributed by atoms with Gasteiger partial charge in [0.15, 0.2) is 18.5 Å². The van der Waals surface area contributed by atoms with Crippen molar-refractivity contribution in [1.29, 1.82) is 0 Å². The van der Waals surface area contributed by atoms with E-state index < -0.39 is 54.1 Å². The monoisotopic (exact) mass is 530 g/mol. The summed E-state index contributed by atoms with van der Waals surface area (Å²) in [7, 11) is 0. The van der Waals surface area contributed by atoms with Crippen LogP contribution in [0.1, 0.15) is 74.7 Å². The molecule has 0 saturated heterocycles. The number of carbonyl (C=O) groups is 4. The van der Waals surface area contributed by atoms with Crippen LogP contribution in [0.3, 0.4) is 0 Å². The van der Waals surface area contributed by atoms with Crippen LogP contribution in [0, 0.1) is 17.8 Å². The molecule has 212 valence electrons. The summed E-state index contributed by atoms with van der Waals surface area (Å²) in [5, 5.41) is 10.8. The van der Waals surface area contributed by atoms with Crippen LogP contribution in [-0.2, 0) is 47.6 Å². The van der Waals surface area contributed by atoms with Crippen LogP contribution in [-0.4, -0.2) is 79.0 Å². The lowest BCUT2D eigenvalue weighted by atomic mass is 9.79. The molecule has 0 aliphatic heterocycles. The van der Waals surface area contributed by atoms with Crippen LogP contribution in [0.25, 0.3) is 0 Å². The first kappa shape index (κ1) is 34.3. The molecule has 0 bridgehead atoms. The van der Waals surface area contributed by atoms with Crippen LogP contribution >= 0.6 is 0 Å². The number of rotatable bonds is 17. The smallest absolute Gasteiger partial charge is 0.303 e. The Bertz CT molecular complexity index is 797. The Labute approximate surface area is 219 Å². The van der Waals surface area contributed by atoms with Gasteiger partial charge in [0.25, 0.3) is 0 Å². The molecule has 37 heavy (non-hydrogen) atoms. The van der Waals surface area contributed by atoms with Gasteiger partial charge in [0, 0.05) is 34.1 Å². The third kappa shape index (κ3) is 15.9. The zero-order valence-electron chi connectivity index (χ0n) is 23.2. The number of aliphatic hydroxyl groups excluding tert-OH is 1. The van der Waals surface area contributed by atoms with Crippen molar-refractivity contribution in [2.75, 3.05) is 19.8 Å². The van der Waals surface area contributed by atoms with E-state index in [9.17, 15) is 24.3 Å². The lowest BCUT2D eigenvalue weighted by molar-refractivity contribution is -0.230. The minimum absolute atomic E-state index is 0.0512. The highest BCUT2D eigenvalue weighted by Crippen LogP contribution is 2.33. The molecule has 0 spiro atoms. The molecule has 0 aromatic heterocycles. The number of esters is 4. The normalized spacial score (nSPS) is 14.9. The summed E-state index contributed by atoms with van der Waals surface area (Å²) in [6, 6.07) is 0. The van der Waals surface area contributed by atoms with E-state index in [-0.39, 0.29) is 31.7 Å². The number of ether oxygens (including phenoxy) is 6. The first-order valence-electron chi connectivity index (χ1n) is 12.0. The Kier molecular flexibility index (Phi) is 15.0. The molecule has 0 aromatic rings. The van der Waals surface area contributed by atoms with Gasteiger partial charge in [-0.2, -0.15) is 0 Å². The molecule has 0 aliphatic carbocycles. The molecule has 4 atom stereocenters. The average Bonchev–Trinajstić information content (AvgIpc) is 2.72. The molecule has 0 radical (unpaired) electrons. The molecular weight excluding hydrogens is 488 g/mol. The predicted octanol–water partition coefficient (Wildman–Crippen LogP) is 2.30. The Morgan fingerprint density at radius 1 is 0.838 bits per heavy atom. The summed E-state index contributed by atoms with van der Waals surface area (Å²) >= 11 is 0. The van der Waals surface area contributed by atoms with Gasteiger partial charge in [-0.3, -0.25) is 19.2 Å². The Hall–Kier alpha value is -2.68. The lowest BCUT2D eigenvalue weighted by Gasteiger charge is -2.36. The van der Waals surface area contributed by atoms with E-state index in [1.54, 1.807) is 0 Å². The maximum absolute atomic E-state index is 11.9. The second kappa shape index (κ2) is 16.2. The third-order valence-corrected chi connectivity index (χ3v) is 5.12. The third-order valence-electron chi connectivity index (χ3n) is 5.12. The standard InChI is InChI=1S/C26H42O11/c1-10-13-34-26(8,9)16-25(6,7)12-15-33-24(31)23(37-20(5)30)22(36-19(4)29)21(35-18(3)28)11-14-32-17(2)27/h1,21-24,31H,11-16H2,2-9H3. The molecule has 0 aromatic carbocycles. The number of carbonyl (C=O) groups excluding carboxylic acids is 4. The Morgan fingerprint density at radius 3 is 1.86 bits per heavy atom. The highest BCUT2D eigenvalue weighted by molar-refractivity contribution is 5.68. The van der Waals surface area contributed by atoms with Gasteiger partial charge >= 0.3 is 23.9 Å². The molecule has 0 heterocycles. The molecule has 0 saturated carbocycles. The van der Waals surface area contributed by atoms with E-state index in [1.807, 2.05) is 27.7 Å². The Balaban J connectivity index is 5.64. The van der Waals surface area contributed by atoms with Crippen molar-refractivity contribution in [2.24, 2.45) is 5.41 Å². The van der Waals surface area contributed by atoms with Crippen molar-refractivity contribution in [2.45, 2.75) is 105 Å². The number of hydrogen-bond donors (Lipinski definition) is 1. The molecule has 11 heteroatoms. The molecule has 4 unspecified atom stereocenters. The summed E-state index contributed by atoms with van der Waals surface area (Å²) in [5.41, 5.74) is -0.775. The van der Waals surface area contributed by atoms with E-state index >= 15 is 0 Å².